The van der Waals surface area contributed by atoms with Crippen molar-refractivity contribution in [1.29, 1.82) is 0 Å². The van der Waals surface area contributed by atoms with Crippen LogP contribution in [0.4, 0.5) is 4.79 Å². The Balaban J connectivity index is 2.19. The Hall–Kier alpha value is -1.51. The van der Waals surface area contributed by atoms with Crippen LogP contribution in [-0.4, -0.2) is 17.9 Å². The zero-order valence-electron chi connectivity index (χ0n) is 14.5. The van der Waals surface area contributed by atoms with Crippen LogP contribution in [-0.2, 0) is 4.74 Å². The van der Waals surface area contributed by atoms with E-state index >= 15 is 0 Å². The maximum absolute atomic E-state index is 10.2. The molecule has 0 saturated heterocycles. The van der Waals surface area contributed by atoms with E-state index in [0.717, 1.165) is 12.8 Å². The molecule has 0 spiro atoms. The highest BCUT2D eigenvalue weighted by molar-refractivity contribution is 5.56. The predicted molar refractivity (Wildman–Crippen MR) is 95.0 cm³/mol. The van der Waals surface area contributed by atoms with Gasteiger partial charge in [-0.1, -0.05) is 82.2 Å². The van der Waals surface area contributed by atoms with E-state index in [2.05, 4.69) is 42.0 Å². The van der Waals surface area contributed by atoms with Crippen LogP contribution < -0.4 is 0 Å². The molecule has 3 heteroatoms. The summed E-state index contributed by atoms with van der Waals surface area (Å²) in [7, 11) is 0. The summed E-state index contributed by atoms with van der Waals surface area (Å²) in [6, 6.07) is 10.9. The molecule has 1 rings (SSSR count). The summed E-state index contributed by atoms with van der Waals surface area (Å²) in [4.78, 5) is 10.2. The van der Waals surface area contributed by atoms with Crippen molar-refractivity contribution in [3.05, 3.63) is 35.9 Å². The molecule has 23 heavy (non-hydrogen) atoms. The summed E-state index contributed by atoms with van der Waals surface area (Å²) in [6.07, 6.45) is 10.9. The van der Waals surface area contributed by atoms with Gasteiger partial charge in [-0.05, 0) is 30.7 Å². The summed E-state index contributed by atoms with van der Waals surface area (Å²) in [6.45, 7) is 2.59. The first kappa shape index (κ1) is 19.5. The number of hydrogen-bond acceptors (Lipinski definition) is 2. The van der Waals surface area contributed by atoms with Gasteiger partial charge in [0.15, 0.2) is 0 Å². The highest BCUT2D eigenvalue weighted by Gasteiger charge is 2.10. The molecule has 130 valence electrons. The molecule has 1 N–H and O–H groups in total. The van der Waals surface area contributed by atoms with E-state index < -0.39 is 6.16 Å². The van der Waals surface area contributed by atoms with Crippen molar-refractivity contribution in [2.75, 3.05) is 6.61 Å². The third kappa shape index (κ3) is 9.98. The van der Waals surface area contributed by atoms with Gasteiger partial charge in [-0.15, -0.1) is 0 Å². The zero-order chi connectivity index (χ0) is 16.8. The summed E-state index contributed by atoms with van der Waals surface area (Å²) in [5.41, 5.74) is 1.48. The van der Waals surface area contributed by atoms with Gasteiger partial charge < -0.3 is 9.84 Å². The molecule has 0 amide bonds. The summed E-state index contributed by atoms with van der Waals surface area (Å²) >= 11 is 0. The van der Waals surface area contributed by atoms with Crippen molar-refractivity contribution in [1.82, 2.24) is 0 Å². The van der Waals surface area contributed by atoms with Gasteiger partial charge in [0.05, 0.1) is 6.61 Å². The molecule has 0 bridgehead atoms. The first-order chi connectivity index (χ1) is 11.2. The van der Waals surface area contributed by atoms with Crippen molar-refractivity contribution in [3.63, 3.8) is 0 Å². The highest BCUT2D eigenvalue weighted by Crippen LogP contribution is 2.28. The fourth-order valence-electron chi connectivity index (χ4n) is 3.03. The summed E-state index contributed by atoms with van der Waals surface area (Å²) < 4.78 is 4.52. The van der Waals surface area contributed by atoms with Gasteiger partial charge in [0.25, 0.3) is 0 Å². The number of unbranched alkanes of at least 4 members (excludes halogenated alkanes) is 6. The maximum atomic E-state index is 10.2. The Bertz CT molecular complexity index is 403. The SMILES string of the molecule is CCCCCC(CCCCCCCOC(=O)O)c1ccccc1. The Morgan fingerprint density at radius 3 is 2.22 bits per heavy atom. The van der Waals surface area contributed by atoms with E-state index in [1.807, 2.05) is 0 Å². The van der Waals surface area contributed by atoms with E-state index in [9.17, 15) is 4.79 Å². The number of carboxylic acid groups (broad SMARTS) is 1. The van der Waals surface area contributed by atoms with E-state index in [1.165, 1.54) is 56.9 Å². The van der Waals surface area contributed by atoms with Crippen LogP contribution in [0.3, 0.4) is 0 Å². The number of carbonyl (C=O) groups is 1. The predicted octanol–water partition coefficient (Wildman–Crippen LogP) is 6.39. The van der Waals surface area contributed by atoms with Crippen LogP contribution in [0.25, 0.3) is 0 Å². The first-order valence-corrected chi connectivity index (χ1v) is 9.14. The molecule has 0 aliphatic rings. The third-order valence-electron chi connectivity index (χ3n) is 4.35. The number of hydrogen-bond donors (Lipinski definition) is 1. The fourth-order valence-corrected chi connectivity index (χ4v) is 3.03. The second-order valence-electron chi connectivity index (χ2n) is 6.27. The Morgan fingerprint density at radius 1 is 0.957 bits per heavy atom. The van der Waals surface area contributed by atoms with Gasteiger partial charge >= 0.3 is 6.16 Å². The molecule has 0 saturated carbocycles. The van der Waals surface area contributed by atoms with Gasteiger partial charge in [0, 0.05) is 0 Å². The van der Waals surface area contributed by atoms with Crippen LogP contribution in [0.15, 0.2) is 30.3 Å². The van der Waals surface area contributed by atoms with Crippen LogP contribution in [0.5, 0.6) is 0 Å². The minimum atomic E-state index is -1.16. The molecule has 1 aromatic carbocycles. The van der Waals surface area contributed by atoms with Crippen molar-refractivity contribution >= 4 is 6.16 Å². The normalized spacial score (nSPS) is 12.0. The van der Waals surface area contributed by atoms with Gasteiger partial charge in [-0.2, -0.15) is 0 Å². The standard InChI is InChI=1S/C20H32O3/c1-2-3-8-13-18(19-15-10-7-11-16-19)14-9-5-4-6-12-17-23-20(21)22/h7,10-11,15-16,18H,2-6,8-9,12-14,17H2,1H3,(H,21,22). The van der Waals surface area contributed by atoms with Crippen LogP contribution in [0.1, 0.15) is 82.6 Å². The molecule has 1 aromatic rings. The van der Waals surface area contributed by atoms with Crippen molar-refractivity contribution < 1.29 is 14.6 Å². The third-order valence-corrected chi connectivity index (χ3v) is 4.35. The highest BCUT2D eigenvalue weighted by atomic mass is 16.7. The maximum Gasteiger partial charge on any atom is 0.505 e. The smallest absolute Gasteiger partial charge is 0.450 e. The summed E-state index contributed by atoms with van der Waals surface area (Å²) in [5.74, 6) is 0.693. The molecule has 0 fully saturated rings. The van der Waals surface area contributed by atoms with Gasteiger partial charge in [0.1, 0.15) is 0 Å². The van der Waals surface area contributed by atoms with Crippen molar-refractivity contribution in [3.8, 4) is 0 Å². The summed E-state index contributed by atoms with van der Waals surface area (Å²) in [5, 5.41) is 8.39. The average Bonchev–Trinajstić information content (AvgIpc) is 2.56. The molecular weight excluding hydrogens is 288 g/mol. The monoisotopic (exact) mass is 320 g/mol. The largest absolute Gasteiger partial charge is 0.505 e. The molecule has 0 aliphatic heterocycles. The first-order valence-electron chi connectivity index (χ1n) is 9.14. The lowest BCUT2D eigenvalue weighted by Crippen LogP contribution is -2.01. The number of benzene rings is 1. The topological polar surface area (TPSA) is 46.5 Å². The van der Waals surface area contributed by atoms with E-state index in [1.54, 1.807) is 0 Å². The number of rotatable bonds is 13. The molecule has 1 unspecified atom stereocenters. The molecule has 0 heterocycles. The lowest BCUT2D eigenvalue weighted by atomic mass is 9.88. The van der Waals surface area contributed by atoms with Crippen LogP contribution in [0.2, 0.25) is 0 Å². The second-order valence-corrected chi connectivity index (χ2v) is 6.27. The minimum Gasteiger partial charge on any atom is -0.450 e. The Labute approximate surface area is 141 Å². The molecule has 3 nitrogen and oxygen atoms in total. The van der Waals surface area contributed by atoms with Gasteiger partial charge in [0.2, 0.25) is 0 Å². The quantitative estimate of drug-likeness (QED) is 0.338. The van der Waals surface area contributed by atoms with Crippen molar-refractivity contribution in [2.24, 2.45) is 0 Å². The van der Waals surface area contributed by atoms with Gasteiger partial charge in [-0.25, -0.2) is 4.79 Å². The zero-order valence-corrected chi connectivity index (χ0v) is 14.5. The molecule has 0 radical (unpaired) electrons. The second kappa shape index (κ2) is 13.0. The van der Waals surface area contributed by atoms with E-state index in [4.69, 9.17) is 5.11 Å². The Morgan fingerprint density at radius 2 is 1.57 bits per heavy atom. The molecular formula is C20H32O3. The fraction of sp³-hybridized carbons (Fsp3) is 0.650. The van der Waals surface area contributed by atoms with Crippen molar-refractivity contribution in [2.45, 2.75) is 77.0 Å². The number of ether oxygens (including phenoxy) is 1. The lowest BCUT2D eigenvalue weighted by Gasteiger charge is -2.17. The molecule has 0 aromatic heterocycles. The van der Waals surface area contributed by atoms with Gasteiger partial charge in [-0.3, -0.25) is 0 Å². The molecule has 0 aliphatic carbocycles. The van der Waals surface area contributed by atoms with Crippen LogP contribution >= 0.6 is 0 Å². The van der Waals surface area contributed by atoms with E-state index in [-0.39, 0.29) is 0 Å². The molecule has 1 atom stereocenters. The minimum absolute atomic E-state index is 0.332. The van der Waals surface area contributed by atoms with Crippen LogP contribution in [0, 0.1) is 0 Å². The Kier molecular flexibility index (Phi) is 11.0. The lowest BCUT2D eigenvalue weighted by molar-refractivity contribution is 0.0899. The van der Waals surface area contributed by atoms with E-state index in [0.29, 0.717) is 12.5 Å². The average molecular weight is 320 g/mol.